The lowest BCUT2D eigenvalue weighted by molar-refractivity contribution is 0.303. The molecule has 1 aromatic carbocycles. The van der Waals surface area contributed by atoms with Gasteiger partial charge in [0.2, 0.25) is 0 Å². The lowest BCUT2D eigenvalue weighted by Crippen LogP contribution is -1.96. The van der Waals surface area contributed by atoms with Gasteiger partial charge in [-0.3, -0.25) is 4.68 Å². The number of benzene rings is 1. The van der Waals surface area contributed by atoms with Gasteiger partial charge in [-0.05, 0) is 41.1 Å². The molecule has 0 aliphatic heterocycles. The molecular formula is C13H15BrN2O2. The highest BCUT2D eigenvalue weighted by molar-refractivity contribution is 9.10. The SMILES string of the molecule is CCn1cc(COc2ccc(OC)cc2Br)cn1. The van der Waals surface area contributed by atoms with Crippen molar-refractivity contribution in [2.24, 2.45) is 0 Å². The van der Waals surface area contributed by atoms with Crippen molar-refractivity contribution >= 4 is 15.9 Å². The fourth-order valence-electron chi connectivity index (χ4n) is 1.54. The maximum absolute atomic E-state index is 5.72. The number of halogens is 1. The Morgan fingerprint density at radius 2 is 2.22 bits per heavy atom. The molecule has 0 spiro atoms. The van der Waals surface area contributed by atoms with Crippen molar-refractivity contribution in [1.82, 2.24) is 9.78 Å². The molecule has 0 unspecified atom stereocenters. The van der Waals surface area contributed by atoms with Crippen LogP contribution in [0.2, 0.25) is 0 Å². The molecule has 0 saturated heterocycles. The largest absolute Gasteiger partial charge is 0.497 e. The molecule has 0 saturated carbocycles. The van der Waals surface area contributed by atoms with Crippen LogP contribution in [-0.2, 0) is 13.2 Å². The minimum absolute atomic E-state index is 0.505. The molecule has 0 radical (unpaired) electrons. The van der Waals surface area contributed by atoms with E-state index < -0.39 is 0 Å². The van der Waals surface area contributed by atoms with Crippen LogP contribution in [0.25, 0.3) is 0 Å². The van der Waals surface area contributed by atoms with Crippen LogP contribution in [0.5, 0.6) is 11.5 Å². The van der Waals surface area contributed by atoms with E-state index >= 15 is 0 Å². The Bertz CT molecular complexity index is 525. The molecule has 18 heavy (non-hydrogen) atoms. The maximum atomic E-state index is 5.72. The van der Waals surface area contributed by atoms with Gasteiger partial charge in [0.05, 0.1) is 17.8 Å². The van der Waals surface area contributed by atoms with E-state index in [1.807, 2.05) is 35.3 Å². The second-order valence-electron chi connectivity index (χ2n) is 3.79. The van der Waals surface area contributed by atoms with Crippen LogP contribution in [0.3, 0.4) is 0 Å². The number of aromatic nitrogens is 2. The van der Waals surface area contributed by atoms with Crippen LogP contribution in [0.15, 0.2) is 35.1 Å². The average Bonchev–Trinajstić information content (AvgIpc) is 2.85. The number of rotatable bonds is 5. The summed E-state index contributed by atoms with van der Waals surface area (Å²) in [5.41, 5.74) is 1.06. The highest BCUT2D eigenvalue weighted by Crippen LogP contribution is 2.29. The number of methoxy groups -OCH3 is 1. The van der Waals surface area contributed by atoms with Gasteiger partial charge in [0.15, 0.2) is 0 Å². The molecule has 4 nitrogen and oxygen atoms in total. The number of aryl methyl sites for hydroxylation is 1. The van der Waals surface area contributed by atoms with Crippen molar-refractivity contribution in [2.75, 3.05) is 7.11 Å². The third kappa shape index (κ3) is 3.04. The first-order chi connectivity index (χ1) is 8.72. The predicted octanol–water partition coefficient (Wildman–Crippen LogP) is 3.25. The number of hydrogen-bond acceptors (Lipinski definition) is 3. The summed E-state index contributed by atoms with van der Waals surface area (Å²) in [4.78, 5) is 0. The van der Waals surface area contributed by atoms with E-state index in [-0.39, 0.29) is 0 Å². The van der Waals surface area contributed by atoms with Crippen LogP contribution in [0.1, 0.15) is 12.5 Å². The lowest BCUT2D eigenvalue weighted by Gasteiger charge is -2.08. The van der Waals surface area contributed by atoms with Crippen LogP contribution in [-0.4, -0.2) is 16.9 Å². The molecule has 2 aromatic rings. The van der Waals surface area contributed by atoms with Gasteiger partial charge in [0, 0.05) is 18.3 Å². The van der Waals surface area contributed by atoms with Crippen LogP contribution < -0.4 is 9.47 Å². The van der Waals surface area contributed by atoms with Gasteiger partial charge in [-0.15, -0.1) is 0 Å². The van der Waals surface area contributed by atoms with E-state index in [0.717, 1.165) is 28.1 Å². The number of ether oxygens (including phenoxy) is 2. The van der Waals surface area contributed by atoms with Gasteiger partial charge < -0.3 is 9.47 Å². The van der Waals surface area contributed by atoms with E-state index in [2.05, 4.69) is 28.0 Å². The molecule has 1 heterocycles. The first kappa shape index (κ1) is 13.0. The van der Waals surface area contributed by atoms with Gasteiger partial charge in [-0.25, -0.2) is 0 Å². The summed E-state index contributed by atoms with van der Waals surface area (Å²) < 4.78 is 13.6. The molecule has 1 aromatic heterocycles. The van der Waals surface area contributed by atoms with E-state index in [4.69, 9.17) is 9.47 Å². The van der Waals surface area contributed by atoms with Crippen molar-refractivity contribution in [2.45, 2.75) is 20.1 Å². The Kier molecular flexibility index (Phi) is 4.25. The highest BCUT2D eigenvalue weighted by atomic mass is 79.9. The molecule has 0 aliphatic carbocycles. The maximum Gasteiger partial charge on any atom is 0.134 e. The molecule has 0 atom stereocenters. The van der Waals surface area contributed by atoms with E-state index in [1.54, 1.807) is 7.11 Å². The second kappa shape index (κ2) is 5.91. The molecule has 0 bridgehead atoms. The van der Waals surface area contributed by atoms with Gasteiger partial charge in [-0.1, -0.05) is 0 Å². The Labute approximate surface area is 115 Å². The van der Waals surface area contributed by atoms with Crippen LogP contribution in [0, 0.1) is 0 Å². The summed E-state index contributed by atoms with van der Waals surface area (Å²) in [5, 5.41) is 4.20. The van der Waals surface area contributed by atoms with Gasteiger partial charge in [0.25, 0.3) is 0 Å². The third-order valence-corrected chi connectivity index (χ3v) is 3.16. The summed E-state index contributed by atoms with van der Waals surface area (Å²) in [6, 6.07) is 5.63. The minimum Gasteiger partial charge on any atom is -0.497 e. The standard InChI is InChI=1S/C13H15BrN2O2/c1-3-16-8-10(7-15-16)9-18-13-5-4-11(17-2)6-12(13)14/h4-8H,3,9H2,1-2H3. The quantitative estimate of drug-likeness (QED) is 0.850. The Morgan fingerprint density at radius 3 is 2.83 bits per heavy atom. The molecule has 0 N–H and O–H groups in total. The van der Waals surface area contributed by atoms with Crippen molar-refractivity contribution in [3.63, 3.8) is 0 Å². The topological polar surface area (TPSA) is 36.3 Å². The molecule has 0 fully saturated rings. The normalized spacial score (nSPS) is 10.4. The zero-order chi connectivity index (χ0) is 13.0. The molecule has 2 rings (SSSR count). The summed E-state index contributed by atoms with van der Waals surface area (Å²) in [6.45, 7) is 3.43. The zero-order valence-corrected chi connectivity index (χ0v) is 12.0. The molecule has 0 aliphatic rings. The fourth-order valence-corrected chi connectivity index (χ4v) is 2.01. The van der Waals surface area contributed by atoms with Crippen LogP contribution in [0.4, 0.5) is 0 Å². The van der Waals surface area contributed by atoms with Crippen molar-refractivity contribution in [1.29, 1.82) is 0 Å². The van der Waals surface area contributed by atoms with Crippen molar-refractivity contribution in [3.8, 4) is 11.5 Å². The van der Waals surface area contributed by atoms with Gasteiger partial charge >= 0.3 is 0 Å². The monoisotopic (exact) mass is 310 g/mol. The van der Waals surface area contributed by atoms with E-state index in [0.29, 0.717) is 6.61 Å². The van der Waals surface area contributed by atoms with E-state index in [1.165, 1.54) is 0 Å². The average molecular weight is 311 g/mol. The summed E-state index contributed by atoms with van der Waals surface area (Å²) >= 11 is 3.45. The Balaban J connectivity index is 2.01. The second-order valence-corrected chi connectivity index (χ2v) is 4.64. The first-order valence-electron chi connectivity index (χ1n) is 5.70. The Hall–Kier alpha value is -1.49. The first-order valence-corrected chi connectivity index (χ1v) is 6.50. The molecule has 0 amide bonds. The number of hydrogen-bond donors (Lipinski definition) is 0. The molecule has 96 valence electrons. The van der Waals surface area contributed by atoms with Gasteiger partial charge in [0.1, 0.15) is 18.1 Å². The third-order valence-electron chi connectivity index (χ3n) is 2.54. The Morgan fingerprint density at radius 1 is 1.39 bits per heavy atom. The lowest BCUT2D eigenvalue weighted by atomic mass is 10.3. The molecule has 5 heteroatoms. The predicted molar refractivity (Wildman–Crippen MR) is 72.9 cm³/mol. The molecular weight excluding hydrogens is 296 g/mol. The summed E-state index contributed by atoms with van der Waals surface area (Å²) in [5.74, 6) is 1.59. The highest BCUT2D eigenvalue weighted by Gasteiger charge is 2.04. The summed E-state index contributed by atoms with van der Waals surface area (Å²) in [7, 11) is 1.64. The zero-order valence-electron chi connectivity index (χ0n) is 10.4. The fraction of sp³-hybridized carbons (Fsp3) is 0.308. The van der Waals surface area contributed by atoms with Gasteiger partial charge in [-0.2, -0.15) is 5.10 Å². The van der Waals surface area contributed by atoms with Crippen molar-refractivity contribution < 1.29 is 9.47 Å². The van der Waals surface area contributed by atoms with Crippen molar-refractivity contribution in [3.05, 3.63) is 40.6 Å². The smallest absolute Gasteiger partial charge is 0.134 e. The minimum atomic E-state index is 0.505. The van der Waals surface area contributed by atoms with Crippen LogP contribution >= 0.6 is 15.9 Å². The summed E-state index contributed by atoms with van der Waals surface area (Å²) in [6.07, 6.45) is 3.80. The van der Waals surface area contributed by atoms with E-state index in [9.17, 15) is 0 Å². The number of nitrogens with zero attached hydrogens (tertiary/aromatic N) is 2.